The van der Waals surface area contributed by atoms with Gasteiger partial charge < -0.3 is 5.32 Å². The molecule has 2 aliphatic rings. The van der Waals surface area contributed by atoms with Crippen molar-refractivity contribution in [3.05, 3.63) is 0 Å². The lowest BCUT2D eigenvalue weighted by atomic mass is 9.78. The van der Waals surface area contributed by atoms with Crippen LogP contribution >= 0.6 is 0 Å². The number of nitrogens with one attached hydrogen (secondary N) is 1. The molecule has 1 spiro atoms. The van der Waals surface area contributed by atoms with Crippen LogP contribution in [0, 0.1) is 5.41 Å². The van der Waals surface area contributed by atoms with Gasteiger partial charge in [0.2, 0.25) is 5.91 Å². The van der Waals surface area contributed by atoms with Crippen molar-refractivity contribution in [2.75, 3.05) is 19.6 Å². The van der Waals surface area contributed by atoms with E-state index in [1.165, 1.54) is 0 Å². The van der Waals surface area contributed by atoms with E-state index in [1.807, 2.05) is 5.01 Å². The Kier molecular flexibility index (Phi) is 1.81. The van der Waals surface area contributed by atoms with E-state index >= 15 is 0 Å². The average molecular weight is 169 g/mol. The van der Waals surface area contributed by atoms with Gasteiger partial charge >= 0.3 is 0 Å². The molecule has 12 heavy (non-hydrogen) atoms. The molecule has 0 unspecified atom stereocenters. The zero-order valence-electron chi connectivity index (χ0n) is 7.18. The summed E-state index contributed by atoms with van der Waals surface area (Å²) in [5.41, 5.74) is 0.243. The minimum Gasteiger partial charge on any atom is -0.356 e. The van der Waals surface area contributed by atoms with Gasteiger partial charge in [-0.2, -0.15) is 0 Å². The molecule has 0 radical (unpaired) electrons. The van der Waals surface area contributed by atoms with Gasteiger partial charge in [-0.15, -0.1) is 0 Å². The molecule has 2 rings (SSSR count). The number of nitrogens with two attached hydrogens (primary N) is 1. The molecule has 3 N–H and O–H groups in total. The Labute approximate surface area is 72.1 Å². The zero-order valence-corrected chi connectivity index (χ0v) is 7.18. The molecule has 2 aliphatic heterocycles. The minimum atomic E-state index is 0.209. The van der Waals surface area contributed by atoms with Crippen LogP contribution in [0.3, 0.4) is 0 Å². The smallest absolute Gasteiger partial charge is 0.220 e. The summed E-state index contributed by atoms with van der Waals surface area (Å²) in [7, 11) is 0. The van der Waals surface area contributed by atoms with Crippen LogP contribution in [0.1, 0.15) is 19.3 Å². The van der Waals surface area contributed by atoms with E-state index in [4.69, 9.17) is 5.84 Å². The van der Waals surface area contributed by atoms with Gasteiger partial charge in [0, 0.05) is 26.1 Å². The third-order valence-electron chi connectivity index (χ3n) is 3.05. The fourth-order valence-corrected chi connectivity index (χ4v) is 2.10. The van der Waals surface area contributed by atoms with Gasteiger partial charge in [-0.1, -0.05) is 0 Å². The molecular formula is C8H15N3O. The zero-order chi connectivity index (χ0) is 8.60. The van der Waals surface area contributed by atoms with Crippen molar-refractivity contribution in [1.82, 2.24) is 10.3 Å². The summed E-state index contributed by atoms with van der Waals surface area (Å²) in [5.74, 6) is 5.86. The first-order chi connectivity index (χ1) is 5.70. The van der Waals surface area contributed by atoms with Gasteiger partial charge in [-0.05, 0) is 18.3 Å². The standard InChI is InChI=1S/C8H15N3O/c9-11-3-1-8(2-4-11)5-7(12)10-6-8/h1-6,9H2,(H,10,12). The predicted molar refractivity (Wildman–Crippen MR) is 45.1 cm³/mol. The SMILES string of the molecule is NN1CCC2(CC1)CNC(=O)C2. The van der Waals surface area contributed by atoms with Crippen molar-refractivity contribution in [3.8, 4) is 0 Å². The average Bonchev–Trinajstić information content (AvgIpc) is 2.40. The molecule has 0 bridgehead atoms. The van der Waals surface area contributed by atoms with Gasteiger partial charge in [0.05, 0.1) is 0 Å². The lowest BCUT2D eigenvalue weighted by Gasteiger charge is -2.35. The number of hydrogen-bond donors (Lipinski definition) is 2. The topological polar surface area (TPSA) is 58.4 Å². The van der Waals surface area contributed by atoms with Gasteiger partial charge in [0.25, 0.3) is 0 Å². The van der Waals surface area contributed by atoms with Crippen LogP contribution in [0.5, 0.6) is 0 Å². The highest BCUT2D eigenvalue weighted by atomic mass is 16.1. The Morgan fingerprint density at radius 2 is 2.08 bits per heavy atom. The maximum atomic E-state index is 11.0. The van der Waals surface area contributed by atoms with E-state index in [0.29, 0.717) is 6.42 Å². The van der Waals surface area contributed by atoms with Gasteiger partial charge in [0.15, 0.2) is 0 Å². The second-order valence-corrected chi connectivity index (χ2v) is 3.99. The largest absolute Gasteiger partial charge is 0.356 e. The maximum Gasteiger partial charge on any atom is 0.220 e. The molecule has 4 heteroatoms. The molecule has 2 saturated heterocycles. The van der Waals surface area contributed by atoms with Crippen LogP contribution in [0.25, 0.3) is 0 Å². The molecule has 0 aromatic carbocycles. The molecule has 2 fully saturated rings. The third-order valence-corrected chi connectivity index (χ3v) is 3.05. The van der Waals surface area contributed by atoms with Gasteiger partial charge in [-0.3, -0.25) is 10.6 Å². The van der Waals surface area contributed by atoms with E-state index in [9.17, 15) is 4.79 Å². The Balaban J connectivity index is 1.99. The lowest BCUT2D eigenvalue weighted by molar-refractivity contribution is -0.119. The normalized spacial score (nSPS) is 29.2. The number of carbonyl (C=O) groups excluding carboxylic acids is 1. The Hall–Kier alpha value is -0.610. The van der Waals surface area contributed by atoms with E-state index in [2.05, 4.69) is 5.32 Å². The summed E-state index contributed by atoms with van der Waals surface area (Å²) in [6.07, 6.45) is 2.82. The first-order valence-electron chi connectivity index (χ1n) is 4.47. The van der Waals surface area contributed by atoms with Crippen LogP contribution in [-0.4, -0.2) is 30.6 Å². The molecule has 0 aliphatic carbocycles. The van der Waals surface area contributed by atoms with E-state index < -0.39 is 0 Å². The molecular weight excluding hydrogens is 154 g/mol. The molecule has 0 atom stereocenters. The molecule has 0 aromatic heterocycles. The Morgan fingerprint density at radius 1 is 1.42 bits per heavy atom. The number of nitrogens with zero attached hydrogens (tertiary/aromatic N) is 1. The summed E-state index contributed by atoms with van der Waals surface area (Å²) >= 11 is 0. The van der Waals surface area contributed by atoms with Crippen LogP contribution in [-0.2, 0) is 4.79 Å². The van der Waals surface area contributed by atoms with Crippen molar-refractivity contribution in [3.63, 3.8) is 0 Å². The second-order valence-electron chi connectivity index (χ2n) is 3.99. The molecule has 68 valence electrons. The summed E-state index contributed by atoms with van der Waals surface area (Å²) in [6.45, 7) is 2.71. The second kappa shape index (κ2) is 2.71. The molecule has 4 nitrogen and oxygen atoms in total. The number of rotatable bonds is 0. The van der Waals surface area contributed by atoms with Gasteiger partial charge in [0.1, 0.15) is 0 Å². The highest BCUT2D eigenvalue weighted by Crippen LogP contribution is 2.36. The maximum absolute atomic E-state index is 11.0. The number of carbonyl (C=O) groups is 1. The van der Waals surface area contributed by atoms with Crippen molar-refractivity contribution >= 4 is 5.91 Å². The highest BCUT2D eigenvalue weighted by molar-refractivity contribution is 5.79. The molecule has 2 heterocycles. The Bertz CT molecular complexity index is 196. The quantitative estimate of drug-likeness (QED) is 0.479. The molecule has 0 saturated carbocycles. The fourth-order valence-electron chi connectivity index (χ4n) is 2.10. The highest BCUT2D eigenvalue weighted by Gasteiger charge is 2.40. The van der Waals surface area contributed by atoms with Crippen molar-refractivity contribution in [2.24, 2.45) is 11.3 Å². The fraction of sp³-hybridized carbons (Fsp3) is 0.875. The molecule has 1 amide bonds. The first-order valence-corrected chi connectivity index (χ1v) is 4.47. The number of piperidine rings is 1. The van der Waals surface area contributed by atoms with Gasteiger partial charge in [-0.25, -0.2) is 5.01 Å². The number of hydrogen-bond acceptors (Lipinski definition) is 3. The summed E-state index contributed by atoms with van der Waals surface area (Å²) in [6, 6.07) is 0. The van der Waals surface area contributed by atoms with Crippen LogP contribution < -0.4 is 11.2 Å². The van der Waals surface area contributed by atoms with Crippen LogP contribution in [0.2, 0.25) is 0 Å². The lowest BCUT2D eigenvalue weighted by Crippen LogP contribution is -2.44. The van der Waals surface area contributed by atoms with E-state index in [-0.39, 0.29) is 11.3 Å². The number of hydrazine groups is 1. The van der Waals surface area contributed by atoms with Crippen molar-refractivity contribution in [2.45, 2.75) is 19.3 Å². The number of amides is 1. The monoisotopic (exact) mass is 169 g/mol. The Morgan fingerprint density at radius 3 is 2.58 bits per heavy atom. The van der Waals surface area contributed by atoms with E-state index in [1.54, 1.807) is 0 Å². The summed E-state index contributed by atoms with van der Waals surface area (Å²) in [4.78, 5) is 11.0. The summed E-state index contributed by atoms with van der Waals surface area (Å²) < 4.78 is 0. The van der Waals surface area contributed by atoms with Crippen molar-refractivity contribution in [1.29, 1.82) is 0 Å². The third kappa shape index (κ3) is 1.32. The van der Waals surface area contributed by atoms with Crippen LogP contribution in [0.4, 0.5) is 0 Å². The van der Waals surface area contributed by atoms with Crippen molar-refractivity contribution < 1.29 is 4.79 Å². The van der Waals surface area contributed by atoms with E-state index in [0.717, 1.165) is 32.5 Å². The first kappa shape index (κ1) is 8.01. The predicted octanol–water partition coefficient (Wildman–Crippen LogP) is -0.538. The molecule has 0 aromatic rings. The minimum absolute atomic E-state index is 0.209. The van der Waals surface area contributed by atoms with Crippen LogP contribution in [0.15, 0.2) is 0 Å². The summed E-state index contributed by atoms with van der Waals surface area (Å²) in [5, 5.41) is 4.74.